The molecule has 0 aliphatic rings. The van der Waals surface area contributed by atoms with Crippen molar-refractivity contribution in [3.8, 4) is 5.95 Å². The zero-order chi connectivity index (χ0) is 38.6. The first-order chi connectivity index (χ1) is 25.6. The summed E-state index contributed by atoms with van der Waals surface area (Å²) in [6, 6.07) is 0. The number of nitrogens with two attached hydrogens (primary N) is 1. The van der Waals surface area contributed by atoms with Crippen molar-refractivity contribution in [1.82, 2.24) is 34.9 Å². The molecule has 0 saturated heterocycles. The van der Waals surface area contributed by atoms with Crippen LogP contribution in [-0.2, 0) is 0 Å². The Balaban J connectivity index is 1.76. The molecule has 3 aromatic heterocycles. The molecule has 0 radical (unpaired) electrons. The first-order valence-electron chi connectivity index (χ1n) is 20.5. The monoisotopic (exact) mass is 771 g/mol. The van der Waals surface area contributed by atoms with E-state index in [-0.39, 0.29) is 0 Å². The molecule has 12 nitrogen and oxygen atoms in total. The maximum atomic E-state index is 6.67. The molecule has 3 heterocycles. The number of hydrogen-bond acceptors (Lipinski definition) is 13. The van der Waals surface area contributed by atoms with Crippen molar-refractivity contribution in [2.75, 3.05) is 35.2 Å². The molecule has 0 saturated carbocycles. The third-order valence-electron chi connectivity index (χ3n) is 9.93. The van der Waals surface area contributed by atoms with Crippen molar-refractivity contribution in [2.24, 2.45) is 39.8 Å². The summed E-state index contributed by atoms with van der Waals surface area (Å²) in [5.74, 6) is 5.96. The lowest BCUT2D eigenvalue weighted by Crippen LogP contribution is -2.20. The van der Waals surface area contributed by atoms with Crippen molar-refractivity contribution in [3.63, 3.8) is 0 Å². The van der Waals surface area contributed by atoms with Crippen molar-refractivity contribution >= 4 is 51.6 Å². The molecule has 0 amide bonds. The van der Waals surface area contributed by atoms with Gasteiger partial charge in [-0.2, -0.15) is 24.7 Å². The Morgan fingerprint density at radius 2 is 1.30 bits per heavy atom. The van der Waals surface area contributed by atoms with E-state index in [0.29, 0.717) is 57.9 Å². The van der Waals surface area contributed by atoms with Gasteiger partial charge >= 0.3 is 0 Å². The summed E-state index contributed by atoms with van der Waals surface area (Å²) in [7, 11) is 0. The Kier molecular flexibility index (Phi) is 20.6. The van der Waals surface area contributed by atoms with Crippen molar-refractivity contribution in [2.45, 2.75) is 157 Å². The summed E-state index contributed by atoms with van der Waals surface area (Å²) in [6.07, 6.45) is 17.0. The SMILES string of the molecule is CCCCC(CC)CNc1nc(NCC(CC)CCCC)nc(-n2nc(C)c(/N=N/c3nnc(SCC(CCCCC(C)C)CCC(C)C)s3)c2N)n1. The fraction of sp³-hybridized carbons (Fsp3) is 0.795. The lowest BCUT2D eigenvalue weighted by molar-refractivity contribution is 0.409. The number of thioether (sulfide) groups is 1. The highest BCUT2D eigenvalue weighted by atomic mass is 32.2. The van der Waals surface area contributed by atoms with E-state index in [1.165, 1.54) is 93.1 Å². The third kappa shape index (κ3) is 16.2. The Labute approximate surface area is 328 Å². The van der Waals surface area contributed by atoms with Crippen LogP contribution in [0.2, 0.25) is 0 Å². The second kappa shape index (κ2) is 24.5. The van der Waals surface area contributed by atoms with Crippen LogP contribution in [0.5, 0.6) is 0 Å². The quantitative estimate of drug-likeness (QED) is 0.0369. The van der Waals surface area contributed by atoms with E-state index < -0.39 is 0 Å². The number of nitrogens with one attached hydrogen (secondary N) is 2. The van der Waals surface area contributed by atoms with Crippen LogP contribution in [0.4, 0.5) is 28.5 Å². The van der Waals surface area contributed by atoms with E-state index in [9.17, 15) is 0 Å². The van der Waals surface area contributed by atoms with E-state index >= 15 is 0 Å². The van der Waals surface area contributed by atoms with Gasteiger partial charge in [0.05, 0.1) is 5.69 Å². The van der Waals surface area contributed by atoms with Gasteiger partial charge in [0, 0.05) is 18.8 Å². The van der Waals surface area contributed by atoms with Crippen molar-refractivity contribution in [3.05, 3.63) is 5.69 Å². The molecule has 0 bridgehead atoms. The Morgan fingerprint density at radius 3 is 1.87 bits per heavy atom. The maximum Gasteiger partial charge on any atom is 0.259 e. The van der Waals surface area contributed by atoms with E-state index in [0.717, 1.165) is 47.9 Å². The van der Waals surface area contributed by atoms with E-state index in [1.807, 2.05) is 6.92 Å². The minimum atomic E-state index is 0.308. The van der Waals surface area contributed by atoms with Crippen LogP contribution in [-0.4, -0.2) is 53.8 Å². The van der Waals surface area contributed by atoms with Gasteiger partial charge in [0.1, 0.15) is 0 Å². The Hall–Kier alpha value is -2.87. The molecule has 0 spiro atoms. The zero-order valence-electron chi connectivity index (χ0n) is 34.3. The molecule has 3 unspecified atom stereocenters. The average molecular weight is 771 g/mol. The van der Waals surface area contributed by atoms with Crippen LogP contribution in [0.25, 0.3) is 5.95 Å². The van der Waals surface area contributed by atoms with Gasteiger partial charge in [0.15, 0.2) is 15.8 Å². The van der Waals surface area contributed by atoms with Crippen LogP contribution in [0.1, 0.15) is 151 Å². The van der Waals surface area contributed by atoms with Gasteiger partial charge in [0.25, 0.3) is 11.1 Å². The van der Waals surface area contributed by atoms with Crippen LogP contribution < -0.4 is 16.4 Å². The standard InChI is InChI=1S/C39H70N12S2/c1-10-14-19-30(12-3)24-41-35-43-36(42-25-31(13-4)20-15-11-2)45-37(44-35)51-34(40)33(29(9)50-51)46-47-38-48-49-39(53-38)52-26-32(23-22-28(7)8)21-17-16-18-27(5)6/h27-28,30-32H,10-26,40H2,1-9H3,(H2,41,42,43,44,45)/b47-46+. The number of anilines is 3. The first kappa shape index (κ1) is 44.5. The molecule has 53 heavy (non-hydrogen) atoms. The minimum absolute atomic E-state index is 0.308. The number of aromatic nitrogens is 7. The predicted octanol–water partition coefficient (Wildman–Crippen LogP) is 11.8. The van der Waals surface area contributed by atoms with Gasteiger partial charge in [0.2, 0.25) is 11.9 Å². The minimum Gasteiger partial charge on any atom is -0.382 e. The Morgan fingerprint density at radius 1 is 0.717 bits per heavy atom. The number of aryl methyl sites for hydroxylation is 1. The van der Waals surface area contributed by atoms with Crippen molar-refractivity contribution in [1.29, 1.82) is 0 Å². The summed E-state index contributed by atoms with van der Waals surface area (Å²) in [5, 5.41) is 29.8. The average Bonchev–Trinajstić information content (AvgIpc) is 3.72. The van der Waals surface area contributed by atoms with Gasteiger partial charge in [-0.25, -0.2) is 0 Å². The summed E-state index contributed by atoms with van der Waals surface area (Å²) >= 11 is 3.25. The highest BCUT2D eigenvalue weighted by molar-refractivity contribution is 8.01. The van der Waals surface area contributed by atoms with Crippen LogP contribution in [0, 0.1) is 36.5 Å². The largest absolute Gasteiger partial charge is 0.382 e. The molecule has 0 aliphatic heterocycles. The summed E-state index contributed by atoms with van der Waals surface area (Å²) in [4.78, 5) is 14.3. The topological polar surface area (TPSA) is 157 Å². The summed E-state index contributed by atoms with van der Waals surface area (Å²) in [6.45, 7) is 21.6. The van der Waals surface area contributed by atoms with Gasteiger partial charge in [-0.1, -0.05) is 143 Å². The van der Waals surface area contributed by atoms with Gasteiger partial charge < -0.3 is 16.4 Å². The van der Waals surface area contributed by atoms with Crippen LogP contribution >= 0.6 is 23.1 Å². The zero-order valence-corrected chi connectivity index (χ0v) is 36.0. The normalized spacial score (nSPS) is 13.7. The van der Waals surface area contributed by atoms with Crippen molar-refractivity contribution < 1.29 is 0 Å². The number of nitrogen functional groups attached to an aromatic ring is 1. The number of nitrogens with zero attached hydrogens (tertiary/aromatic N) is 9. The van der Waals surface area contributed by atoms with E-state index in [1.54, 1.807) is 11.8 Å². The molecule has 0 fully saturated rings. The third-order valence-corrected chi connectivity index (χ3v) is 12.1. The molecule has 3 atom stereocenters. The fourth-order valence-corrected chi connectivity index (χ4v) is 8.11. The summed E-state index contributed by atoms with van der Waals surface area (Å²) < 4.78 is 2.45. The fourth-order valence-electron chi connectivity index (χ4n) is 6.24. The number of rotatable bonds is 28. The predicted molar refractivity (Wildman–Crippen MR) is 225 cm³/mol. The number of azo groups is 1. The molecule has 3 aromatic rings. The molecular formula is C39H70N12S2. The highest BCUT2D eigenvalue weighted by Crippen LogP contribution is 2.34. The van der Waals surface area contributed by atoms with Gasteiger partial charge in [-0.15, -0.1) is 20.4 Å². The smallest absolute Gasteiger partial charge is 0.259 e. The Bertz CT molecular complexity index is 1430. The molecular weight excluding hydrogens is 701 g/mol. The molecule has 298 valence electrons. The van der Waals surface area contributed by atoms with Gasteiger partial charge in [-0.3, -0.25) is 0 Å². The second-order valence-corrected chi connectivity index (χ2v) is 17.7. The second-order valence-electron chi connectivity index (χ2n) is 15.5. The molecule has 4 N–H and O–H groups in total. The number of unbranched alkanes of at least 4 members (excludes halogenated alkanes) is 3. The first-order valence-corrected chi connectivity index (χ1v) is 22.3. The van der Waals surface area contributed by atoms with E-state index in [2.05, 4.69) is 86.4 Å². The van der Waals surface area contributed by atoms with E-state index in [4.69, 9.17) is 25.8 Å². The highest BCUT2D eigenvalue weighted by Gasteiger charge is 2.20. The lowest BCUT2D eigenvalue weighted by Gasteiger charge is -2.17. The molecule has 3 rings (SSSR count). The van der Waals surface area contributed by atoms with Crippen LogP contribution in [0.3, 0.4) is 0 Å². The molecule has 14 heteroatoms. The summed E-state index contributed by atoms with van der Waals surface area (Å²) in [5.41, 5.74) is 7.75. The van der Waals surface area contributed by atoms with Crippen LogP contribution in [0.15, 0.2) is 14.6 Å². The molecule has 0 aliphatic carbocycles. The number of hydrogen-bond donors (Lipinski definition) is 3. The lowest BCUT2D eigenvalue weighted by atomic mass is 9.93. The maximum absolute atomic E-state index is 6.67. The molecule has 0 aromatic carbocycles. The van der Waals surface area contributed by atoms with Gasteiger partial charge in [-0.05, 0) is 62.2 Å².